The lowest BCUT2D eigenvalue weighted by Crippen LogP contribution is -2.23. The van der Waals surface area contributed by atoms with Crippen LogP contribution in [-0.4, -0.2) is 26.0 Å². The van der Waals surface area contributed by atoms with Crippen LogP contribution < -0.4 is 4.72 Å². The molecule has 3 rings (SSSR count). The number of rotatable bonds is 4. The van der Waals surface area contributed by atoms with E-state index in [0.717, 1.165) is 12.1 Å². The number of carbonyl (C=O) groups excluding carboxylic acids is 1. The summed E-state index contributed by atoms with van der Waals surface area (Å²) < 4.78 is 45.4. The van der Waals surface area contributed by atoms with E-state index < -0.39 is 21.8 Å². The normalized spacial score (nSPS) is 14.2. The molecule has 1 aromatic heterocycles. The molecule has 8 heteroatoms. The average molecular weight is 364 g/mol. The maximum atomic E-state index is 13.0. The van der Waals surface area contributed by atoms with Gasteiger partial charge in [0.1, 0.15) is 11.6 Å². The third kappa shape index (κ3) is 3.48. The third-order valence-corrected chi connectivity index (χ3v) is 5.22. The molecule has 0 aliphatic carbocycles. The Morgan fingerprint density at radius 3 is 2.56 bits per heavy atom. The lowest BCUT2D eigenvalue weighted by molar-refractivity contribution is 0.0477. The van der Waals surface area contributed by atoms with Crippen molar-refractivity contribution in [3.63, 3.8) is 0 Å². The Kier molecular flexibility index (Phi) is 4.47. The number of hydrogen-bond donors (Lipinski definition) is 1. The topological polar surface area (TPSA) is 85.4 Å². The predicted octanol–water partition coefficient (Wildman–Crippen LogP) is 2.86. The van der Waals surface area contributed by atoms with Gasteiger partial charge >= 0.3 is 5.97 Å². The molecule has 6 nitrogen and oxygen atoms in total. The Labute approximate surface area is 145 Å². The molecule has 132 valence electrons. The number of nitrogens with zero attached hydrogens (tertiary/aromatic N) is 1. The number of ether oxygens (including phenoxy) is 1. The number of fused-ring (bicyclic) bond motifs is 1. The highest BCUT2D eigenvalue weighted by molar-refractivity contribution is 7.92. The van der Waals surface area contributed by atoms with Crippen molar-refractivity contribution < 1.29 is 22.3 Å². The van der Waals surface area contributed by atoms with Crippen LogP contribution >= 0.6 is 0 Å². The zero-order valence-electron chi connectivity index (χ0n) is 13.7. The number of halogens is 1. The minimum atomic E-state index is -3.91. The zero-order valence-corrected chi connectivity index (χ0v) is 14.6. The van der Waals surface area contributed by atoms with Crippen LogP contribution in [0.1, 0.15) is 41.4 Å². The van der Waals surface area contributed by atoms with Gasteiger partial charge in [-0.2, -0.15) is 0 Å². The fraction of sp³-hybridized carbons (Fsp3) is 0.294. The van der Waals surface area contributed by atoms with E-state index in [0.29, 0.717) is 23.2 Å². The molecule has 0 unspecified atom stereocenters. The van der Waals surface area contributed by atoms with Crippen LogP contribution in [-0.2, 0) is 21.2 Å². The number of aromatic nitrogens is 1. The maximum absolute atomic E-state index is 13.0. The number of pyridine rings is 1. The highest BCUT2D eigenvalue weighted by atomic mass is 32.2. The summed E-state index contributed by atoms with van der Waals surface area (Å²) in [5.74, 6) is -0.923. The molecule has 1 aliphatic heterocycles. The van der Waals surface area contributed by atoms with Crippen molar-refractivity contribution in [1.82, 2.24) is 4.98 Å². The summed E-state index contributed by atoms with van der Waals surface area (Å²) in [5.41, 5.74) is 1.59. The molecule has 25 heavy (non-hydrogen) atoms. The van der Waals surface area contributed by atoms with E-state index in [9.17, 15) is 17.6 Å². The summed E-state index contributed by atoms with van der Waals surface area (Å²) >= 11 is 0. The van der Waals surface area contributed by atoms with E-state index in [4.69, 9.17) is 4.74 Å². The highest BCUT2D eigenvalue weighted by Crippen LogP contribution is 2.28. The molecule has 0 saturated carbocycles. The maximum Gasteiger partial charge on any atom is 0.340 e. The predicted molar refractivity (Wildman–Crippen MR) is 89.5 cm³/mol. The van der Waals surface area contributed by atoms with Crippen molar-refractivity contribution in [2.75, 3.05) is 11.3 Å². The monoisotopic (exact) mass is 364 g/mol. The molecular weight excluding hydrogens is 347 g/mol. The fourth-order valence-corrected chi connectivity index (χ4v) is 3.65. The Bertz CT molecular complexity index is 924. The number of esters is 1. The third-order valence-electron chi connectivity index (χ3n) is 3.85. The summed E-state index contributed by atoms with van der Waals surface area (Å²) in [4.78, 5) is 16.3. The van der Waals surface area contributed by atoms with Crippen molar-refractivity contribution in [3.8, 4) is 0 Å². The van der Waals surface area contributed by atoms with Gasteiger partial charge < -0.3 is 4.74 Å². The van der Waals surface area contributed by atoms with E-state index >= 15 is 0 Å². The van der Waals surface area contributed by atoms with E-state index in [1.165, 1.54) is 12.1 Å². The molecule has 0 spiro atoms. The van der Waals surface area contributed by atoms with E-state index in [-0.39, 0.29) is 23.2 Å². The molecule has 1 aliphatic rings. The fourth-order valence-electron chi connectivity index (χ4n) is 2.66. The van der Waals surface area contributed by atoms with Crippen molar-refractivity contribution >= 4 is 21.8 Å². The lowest BCUT2D eigenvalue weighted by Gasteiger charge is -2.21. The van der Waals surface area contributed by atoms with Gasteiger partial charge in [0.15, 0.2) is 0 Å². The van der Waals surface area contributed by atoms with Crippen LogP contribution in [0.4, 0.5) is 10.2 Å². The molecule has 2 aromatic rings. The van der Waals surface area contributed by atoms with Crippen molar-refractivity contribution in [2.45, 2.75) is 31.1 Å². The summed E-state index contributed by atoms with van der Waals surface area (Å²) in [6.45, 7) is 3.98. The molecule has 0 amide bonds. The van der Waals surface area contributed by atoms with Gasteiger partial charge in [-0.15, -0.1) is 0 Å². The summed E-state index contributed by atoms with van der Waals surface area (Å²) in [6, 6.07) is 6.05. The van der Waals surface area contributed by atoms with Crippen molar-refractivity contribution in [2.24, 2.45) is 0 Å². The summed E-state index contributed by atoms with van der Waals surface area (Å²) in [5, 5.41) is 0. The molecule has 1 aromatic carbocycles. The molecule has 1 N–H and O–H groups in total. The summed E-state index contributed by atoms with van der Waals surface area (Å²) in [6.07, 6.45) is 0.495. The second-order valence-corrected chi connectivity index (χ2v) is 7.71. The number of benzene rings is 1. The Morgan fingerprint density at radius 2 is 1.92 bits per heavy atom. The highest BCUT2D eigenvalue weighted by Gasteiger charge is 2.27. The number of anilines is 1. The number of hydrogen-bond acceptors (Lipinski definition) is 5. The lowest BCUT2D eigenvalue weighted by atomic mass is 9.96. The largest absolute Gasteiger partial charge is 0.462 e. The number of nitrogens with one attached hydrogen (secondary N) is 1. The first-order valence-electron chi connectivity index (χ1n) is 7.77. The van der Waals surface area contributed by atoms with Crippen LogP contribution in [0.25, 0.3) is 0 Å². The second-order valence-electron chi connectivity index (χ2n) is 6.03. The van der Waals surface area contributed by atoms with E-state index in [1.807, 2.05) is 13.8 Å². The SMILES string of the molecule is CC(C)c1nc(NS(=O)(=O)c2ccc(F)cc2)cc2c1C(=O)OCC2. The molecule has 2 heterocycles. The summed E-state index contributed by atoms with van der Waals surface area (Å²) in [7, 11) is -3.91. The van der Waals surface area contributed by atoms with Crippen molar-refractivity contribution in [1.29, 1.82) is 0 Å². The number of cyclic esters (lactones) is 1. The van der Waals surface area contributed by atoms with Crippen molar-refractivity contribution in [3.05, 3.63) is 53.0 Å². The van der Waals surface area contributed by atoms with Gasteiger partial charge in [-0.05, 0) is 41.8 Å². The first kappa shape index (κ1) is 17.3. The van der Waals surface area contributed by atoms with Crippen LogP contribution in [0.5, 0.6) is 0 Å². The van der Waals surface area contributed by atoms with Gasteiger partial charge in [0.25, 0.3) is 10.0 Å². The van der Waals surface area contributed by atoms with Gasteiger partial charge in [-0.25, -0.2) is 22.6 Å². The molecular formula is C17H17FN2O4S. The average Bonchev–Trinajstić information content (AvgIpc) is 2.54. The quantitative estimate of drug-likeness (QED) is 0.843. The van der Waals surface area contributed by atoms with Gasteiger partial charge in [0, 0.05) is 6.42 Å². The van der Waals surface area contributed by atoms with Gasteiger partial charge in [-0.1, -0.05) is 13.8 Å². The second kappa shape index (κ2) is 6.44. The van der Waals surface area contributed by atoms with Crippen LogP contribution in [0.15, 0.2) is 35.2 Å². The molecule has 0 bridgehead atoms. The molecule has 0 radical (unpaired) electrons. The molecule has 0 saturated heterocycles. The van der Waals surface area contributed by atoms with Gasteiger partial charge in [0.05, 0.1) is 22.8 Å². The van der Waals surface area contributed by atoms with Crippen LogP contribution in [0, 0.1) is 5.82 Å². The minimum Gasteiger partial charge on any atom is -0.462 e. The number of carbonyl (C=O) groups is 1. The minimum absolute atomic E-state index is 0.0704. The van der Waals surface area contributed by atoms with E-state index in [1.54, 1.807) is 6.07 Å². The smallest absolute Gasteiger partial charge is 0.340 e. The molecule has 0 fully saturated rings. The first-order chi connectivity index (χ1) is 11.8. The van der Waals surface area contributed by atoms with Gasteiger partial charge in [-0.3, -0.25) is 4.72 Å². The molecule has 0 atom stereocenters. The Balaban J connectivity index is 2.02. The van der Waals surface area contributed by atoms with Gasteiger partial charge in [0.2, 0.25) is 0 Å². The standard InChI is InChI=1S/C17H17FN2O4S/c1-10(2)16-15-11(7-8-24-17(15)21)9-14(19-16)20-25(22,23)13-5-3-12(18)4-6-13/h3-6,9-10H,7-8H2,1-2H3,(H,19,20). The van der Waals surface area contributed by atoms with Crippen LogP contribution in [0.2, 0.25) is 0 Å². The van der Waals surface area contributed by atoms with Crippen LogP contribution in [0.3, 0.4) is 0 Å². The van der Waals surface area contributed by atoms with E-state index in [2.05, 4.69) is 9.71 Å². The Morgan fingerprint density at radius 1 is 1.24 bits per heavy atom. The first-order valence-corrected chi connectivity index (χ1v) is 9.25. The number of sulfonamides is 1. The Hall–Kier alpha value is -2.48. The zero-order chi connectivity index (χ0) is 18.2.